The molecule has 0 spiro atoms. The lowest BCUT2D eigenvalue weighted by atomic mass is 10.3. The summed E-state index contributed by atoms with van der Waals surface area (Å²) in [7, 11) is 0. The largest absolute Gasteiger partial charge is 0.268 e. The maximum atomic E-state index is 5.83. The molecule has 0 saturated heterocycles. The molecule has 0 aliphatic rings. The van der Waals surface area contributed by atoms with E-state index in [0.717, 1.165) is 33.9 Å². The van der Waals surface area contributed by atoms with Crippen molar-refractivity contribution in [3.05, 3.63) is 39.2 Å². The third-order valence-electron chi connectivity index (χ3n) is 2.75. The lowest BCUT2D eigenvalue weighted by Crippen LogP contribution is -2.02. The molecular weight excluding hydrogens is 346 g/mol. The lowest BCUT2D eigenvalue weighted by molar-refractivity contribution is 0.627. The quantitative estimate of drug-likeness (QED) is 0.732. The van der Waals surface area contributed by atoms with Gasteiger partial charge in [0.25, 0.3) is 0 Å². The summed E-state index contributed by atoms with van der Waals surface area (Å²) in [5, 5.41) is 6.22. The molecule has 0 radical (unpaired) electrons. The number of aromatic nitrogens is 3. The zero-order valence-corrected chi connectivity index (χ0v) is 14.0. The maximum absolute atomic E-state index is 5.83. The molecular formula is C13H15BrClN3S. The van der Waals surface area contributed by atoms with E-state index in [9.17, 15) is 0 Å². The molecule has 0 N–H and O–H groups in total. The van der Waals surface area contributed by atoms with Crippen molar-refractivity contribution in [2.24, 2.45) is 0 Å². The summed E-state index contributed by atoms with van der Waals surface area (Å²) in [6, 6.07) is 3.80. The highest BCUT2D eigenvalue weighted by atomic mass is 79.9. The molecule has 2 aromatic rings. The minimum atomic E-state index is 0.664. The van der Waals surface area contributed by atoms with Crippen LogP contribution in [-0.4, -0.2) is 14.8 Å². The van der Waals surface area contributed by atoms with Crippen molar-refractivity contribution in [3.63, 3.8) is 0 Å². The van der Waals surface area contributed by atoms with Gasteiger partial charge in [-0.2, -0.15) is 5.10 Å². The van der Waals surface area contributed by atoms with Gasteiger partial charge in [-0.15, -0.1) is 11.8 Å². The van der Waals surface area contributed by atoms with Gasteiger partial charge in [0, 0.05) is 18.5 Å². The minimum absolute atomic E-state index is 0.664. The Bertz CT molecular complexity index is 554. The highest BCUT2D eigenvalue weighted by Crippen LogP contribution is 2.29. The summed E-state index contributed by atoms with van der Waals surface area (Å²) in [5.74, 6) is 0.843. The van der Waals surface area contributed by atoms with Gasteiger partial charge in [-0.05, 0) is 41.4 Å². The van der Waals surface area contributed by atoms with Crippen LogP contribution >= 0.6 is 39.3 Å². The molecule has 102 valence electrons. The molecule has 0 atom stereocenters. The van der Waals surface area contributed by atoms with E-state index >= 15 is 0 Å². The van der Waals surface area contributed by atoms with Gasteiger partial charge in [-0.25, -0.2) is 4.98 Å². The predicted molar refractivity (Wildman–Crippen MR) is 83.8 cm³/mol. The van der Waals surface area contributed by atoms with Gasteiger partial charge in [-0.1, -0.05) is 18.5 Å². The predicted octanol–water partition coefficient (Wildman–Crippen LogP) is 4.57. The summed E-state index contributed by atoms with van der Waals surface area (Å²) in [5.41, 5.74) is 2.32. The van der Waals surface area contributed by atoms with E-state index < -0.39 is 0 Å². The molecule has 3 nitrogen and oxygen atoms in total. The number of pyridine rings is 1. The second kappa shape index (κ2) is 6.77. The fraction of sp³-hybridized carbons (Fsp3) is 0.385. The van der Waals surface area contributed by atoms with Gasteiger partial charge < -0.3 is 0 Å². The molecule has 0 fully saturated rings. The first-order valence-electron chi connectivity index (χ1n) is 6.14. The second-order valence-corrected chi connectivity index (χ2v) is 6.21. The molecule has 0 aliphatic heterocycles. The molecule has 0 saturated carbocycles. The summed E-state index contributed by atoms with van der Waals surface area (Å²) < 4.78 is 3.17. The average molecular weight is 361 g/mol. The molecule has 2 rings (SSSR count). The summed E-state index contributed by atoms with van der Waals surface area (Å²) in [6.07, 6.45) is 2.61. The van der Waals surface area contributed by atoms with Gasteiger partial charge in [-0.3, -0.25) is 4.68 Å². The van der Waals surface area contributed by atoms with Crippen LogP contribution in [0.15, 0.2) is 27.8 Å². The molecule has 0 aliphatic carbocycles. The van der Waals surface area contributed by atoms with E-state index in [1.54, 1.807) is 18.0 Å². The summed E-state index contributed by atoms with van der Waals surface area (Å²) >= 11 is 11.2. The molecule has 0 aromatic carbocycles. The third-order valence-corrected chi connectivity index (χ3v) is 4.85. The van der Waals surface area contributed by atoms with Crippen LogP contribution in [0.5, 0.6) is 0 Å². The van der Waals surface area contributed by atoms with Crippen LogP contribution < -0.4 is 0 Å². The lowest BCUT2D eigenvalue weighted by Gasteiger charge is -2.05. The number of rotatable bonds is 5. The molecule has 6 heteroatoms. The Labute approximate surface area is 130 Å². The molecule has 2 heterocycles. The fourth-order valence-corrected chi connectivity index (χ4v) is 3.62. The van der Waals surface area contributed by atoms with Crippen molar-refractivity contribution < 1.29 is 0 Å². The van der Waals surface area contributed by atoms with E-state index in [0.29, 0.717) is 5.02 Å². The molecule has 0 unspecified atom stereocenters. The van der Waals surface area contributed by atoms with Crippen LogP contribution in [0, 0.1) is 0 Å². The average Bonchev–Trinajstić information content (AvgIpc) is 2.74. The SMILES string of the molecule is CCc1nn(CC)c(CSc2ccc(Cl)cn2)c1Br. The van der Waals surface area contributed by atoms with Crippen LogP contribution in [0.25, 0.3) is 0 Å². The number of halogens is 2. The van der Waals surface area contributed by atoms with Crippen molar-refractivity contribution in [2.45, 2.75) is 37.6 Å². The summed E-state index contributed by atoms with van der Waals surface area (Å²) in [6.45, 7) is 5.10. The Kier molecular flexibility index (Phi) is 5.30. The van der Waals surface area contributed by atoms with Crippen molar-refractivity contribution in [1.82, 2.24) is 14.8 Å². The van der Waals surface area contributed by atoms with Crippen LogP contribution in [0.2, 0.25) is 5.02 Å². The Balaban J connectivity index is 2.14. The van der Waals surface area contributed by atoms with Crippen molar-refractivity contribution in [1.29, 1.82) is 0 Å². The number of thioether (sulfide) groups is 1. The minimum Gasteiger partial charge on any atom is -0.268 e. The Morgan fingerprint density at radius 3 is 2.74 bits per heavy atom. The van der Waals surface area contributed by atoms with Gasteiger partial charge >= 0.3 is 0 Å². The standard InChI is InChI=1S/C13H15BrClN3S/c1-3-10-13(14)11(18(4-2)17-10)8-19-12-6-5-9(15)7-16-12/h5-7H,3-4,8H2,1-2H3. The maximum Gasteiger partial charge on any atom is 0.0964 e. The molecule has 0 amide bonds. The fourth-order valence-electron chi connectivity index (χ4n) is 1.75. The monoisotopic (exact) mass is 359 g/mol. The first-order valence-corrected chi connectivity index (χ1v) is 8.29. The third kappa shape index (κ3) is 3.52. The van der Waals surface area contributed by atoms with Crippen LogP contribution in [0.1, 0.15) is 25.2 Å². The Hall–Kier alpha value is -0.520. The smallest absolute Gasteiger partial charge is 0.0964 e. The second-order valence-electron chi connectivity index (χ2n) is 3.98. The van der Waals surface area contributed by atoms with Crippen LogP contribution in [-0.2, 0) is 18.7 Å². The normalized spacial score (nSPS) is 10.9. The summed E-state index contributed by atoms with van der Waals surface area (Å²) in [4.78, 5) is 4.29. The van der Waals surface area contributed by atoms with Crippen molar-refractivity contribution >= 4 is 39.3 Å². The first-order chi connectivity index (χ1) is 9.15. The van der Waals surface area contributed by atoms with E-state index in [2.05, 4.69) is 39.9 Å². The van der Waals surface area contributed by atoms with E-state index in [1.807, 2.05) is 16.8 Å². The number of hydrogen-bond acceptors (Lipinski definition) is 3. The zero-order chi connectivity index (χ0) is 13.8. The number of nitrogens with zero attached hydrogens (tertiary/aromatic N) is 3. The topological polar surface area (TPSA) is 30.7 Å². The van der Waals surface area contributed by atoms with Crippen molar-refractivity contribution in [2.75, 3.05) is 0 Å². The van der Waals surface area contributed by atoms with Crippen molar-refractivity contribution in [3.8, 4) is 0 Å². The molecule has 2 aromatic heterocycles. The number of hydrogen-bond donors (Lipinski definition) is 0. The van der Waals surface area contributed by atoms with Crippen LogP contribution in [0.3, 0.4) is 0 Å². The highest BCUT2D eigenvalue weighted by molar-refractivity contribution is 9.10. The Morgan fingerprint density at radius 1 is 1.37 bits per heavy atom. The van der Waals surface area contributed by atoms with Gasteiger partial charge in [0.05, 0.1) is 25.9 Å². The van der Waals surface area contributed by atoms with E-state index in [-0.39, 0.29) is 0 Å². The highest BCUT2D eigenvalue weighted by Gasteiger charge is 2.14. The number of aryl methyl sites for hydroxylation is 2. The van der Waals surface area contributed by atoms with E-state index in [1.165, 1.54) is 5.69 Å². The van der Waals surface area contributed by atoms with E-state index in [4.69, 9.17) is 11.6 Å². The van der Waals surface area contributed by atoms with Crippen LogP contribution in [0.4, 0.5) is 0 Å². The molecule has 0 bridgehead atoms. The van der Waals surface area contributed by atoms with Gasteiger partial charge in [0.2, 0.25) is 0 Å². The zero-order valence-electron chi connectivity index (χ0n) is 10.9. The van der Waals surface area contributed by atoms with Gasteiger partial charge in [0.15, 0.2) is 0 Å². The Morgan fingerprint density at radius 2 is 2.16 bits per heavy atom. The van der Waals surface area contributed by atoms with Gasteiger partial charge in [0.1, 0.15) is 0 Å². The first kappa shape index (κ1) is 14.9. The molecule has 19 heavy (non-hydrogen) atoms.